The van der Waals surface area contributed by atoms with Gasteiger partial charge in [0.25, 0.3) is 0 Å². The summed E-state index contributed by atoms with van der Waals surface area (Å²) in [5.74, 6) is 1.18. The molecular weight excluding hydrogens is 256 g/mol. The molecule has 0 saturated heterocycles. The van der Waals surface area contributed by atoms with Gasteiger partial charge in [0.05, 0.1) is 12.9 Å². The Balaban J connectivity index is 2.28. The van der Waals surface area contributed by atoms with Crippen molar-refractivity contribution in [1.29, 1.82) is 0 Å². The summed E-state index contributed by atoms with van der Waals surface area (Å²) in [4.78, 5) is 7.97. The maximum atomic E-state index is 10.8. The van der Waals surface area contributed by atoms with E-state index in [4.69, 9.17) is 4.74 Å². The molecule has 0 aliphatic heterocycles. The summed E-state index contributed by atoms with van der Waals surface area (Å²) in [5, 5.41) is 3.06. The summed E-state index contributed by atoms with van der Waals surface area (Å²) >= 11 is 0. The molecule has 0 fully saturated rings. The van der Waals surface area contributed by atoms with Crippen molar-refractivity contribution in [2.24, 2.45) is 0 Å². The fourth-order valence-corrected chi connectivity index (χ4v) is 1.74. The monoisotopic (exact) mass is 274 g/mol. The lowest BCUT2D eigenvalue weighted by molar-refractivity contribution is 0.326. The van der Waals surface area contributed by atoms with Crippen molar-refractivity contribution in [2.45, 2.75) is 13.3 Å². The molecule has 18 heavy (non-hydrogen) atoms. The van der Waals surface area contributed by atoms with Crippen molar-refractivity contribution in [3.05, 3.63) is 12.4 Å². The van der Waals surface area contributed by atoms with E-state index in [2.05, 4.69) is 20.0 Å². The minimum Gasteiger partial charge on any atom is -0.478 e. The first-order valence-electron chi connectivity index (χ1n) is 5.64. The molecule has 0 bridgehead atoms. The fraction of sp³-hybridized carbons (Fsp3) is 0.600. The lowest BCUT2D eigenvalue weighted by Crippen LogP contribution is -2.24. The number of nitrogens with zero attached hydrogens (tertiary/aromatic N) is 2. The molecule has 0 amide bonds. The Morgan fingerprint density at radius 1 is 1.33 bits per heavy atom. The molecule has 102 valence electrons. The number of hydrogen-bond donors (Lipinski definition) is 2. The molecule has 1 aromatic heterocycles. The molecule has 1 heterocycles. The second-order valence-corrected chi connectivity index (χ2v) is 5.45. The Bertz CT molecular complexity index is 464. The number of hydrogen-bond acceptors (Lipinski definition) is 6. The highest BCUT2D eigenvalue weighted by Crippen LogP contribution is 2.10. The summed E-state index contributed by atoms with van der Waals surface area (Å²) in [6.07, 6.45) is 3.22. The van der Waals surface area contributed by atoms with E-state index in [0.29, 0.717) is 37.8 Å². The van der Waals surface area contributed by atoms with E-state index in [1.165, 1.54) is 6.33 Å². The van der Waals surface area contributed by atoms with Gasteiger partial charge in [-0.05, 0) is 13.3 Å². The topological polar surface area (TPSA) is 93.2 Å². The lowest BCUT2D eigenvalue weighted by atomic mass is 10.4. The van der Waals surface area contributed by atoms with Crippen LogP contribution in [-0.4, -0.2) is 44.3 Å². The van der Waals surface area contributed by atoms with E-state index in [0.717, 1.165) is 6.26 Å². The molecule has 0 radical (unpaired) electrons. The third-order valence-electron chi connectivity index (χ3n) is 1.96. The average Bonchev–Trinajstić information content (AvgIpc) is 2.28. The molecule has 7 nitrogen and oxygen atoms in total. The first-order chi connectivity index (χ1) is 8.51. The Morgan fingerprint density at radius 3 is 2.78 bits per heavy atom. The highest BCUT2D eigenvalue weighted by atomic mass is 32.2. The van der Waals surface area contributed by atoms with Gasteiger partial charge in [0.15, 0.2) is 0 Å². The van der Waals surface area contributed by atoms with Gasteiger partial charge in [0, 0.05) is 19.2 Å². The minimum absolute atomic E-state index is 0.398. The van der Waals surface area contributed by atoms with Crippen LogP contribution in [0.25, 0.3) is 0 Å². The highest BCUT2D eigenvalue weighted by Gasteiger charge is 2.00. The zero-order chi connectivity index (χ0) is 13.4. The molecular formula is C10H18N4O3S. The zero-order valence-electron chi connectivity index (χ0n) is 10.5. The van der Waals surface area contributed by atoms with Crippen LogP contribution in [0, 0.1) is 0 Å². The largest absolute Gasteiger partial charge is 0.478 e. The Kier molecular flexibility index (Phi) is 5.79. The SMILES string of the molecule is CCOc1cc(NCCCNS(C)(=O)=O)ncn1. The zero-order valence-corrected chi connectivity index (χ0v) is 11.3. The summed E-state index contributed by atoms with van der Waals surface area (Å²) in [5.41, 5.74) is 0. The van der Waals surface area contributed by atoms with Gasteiger partial charge in [-0.3, -0.25) is 0 Å². The summed E-state index contributed by atoms with van der Waals surface area (Å²) in [6, 6.07) is 1.70. The second-order valence-electron chi connectivity index (χ2n) is 3.62. The van der Waals surface area contributed by atoms with Crippen LogP contribution < -0.4 is 14.8 Å². The van der Waals surface area contributed by atoms with E-state index in [9.17, 15) is 8.42 Å². The van der Waals surface area contributed by atoms with Crippen LogP contribution in [0.5, 0.6) is 5.88 Å². The lowest BCUT2D eigenvalue weighted by Gasteiger charge is -2.07. The van der Waals surface area contributed by atoms with Gasteiger partial charge >= 0.3 is 0 Å². The van der Waals surface area contributed by atoms with E-state index in [1.54, 1.807) is 6.07 Å². The van der Waals surface area contributed by atoms with Gasteiger partial charge < -0.3 is 10.1 Å². The van der Waals surface area contributed by atoms with E-state index in [1.807, 2.05) is 6.92 Å². The first-order valence-corrected chi connectivity index (χ1v) is 7.54. The van der Waals surface area contributed by atoms with Crippen molar-refractivity contribution in [2.75, 3.05) is 31.3 Å². The average molecular weight is 274 g/mol. The highest BCUT2D eigenvalue weighted by molar-refractivity contribution is 7.88. The summed E-state index contributed by atoms with van der Waals surface area (Å²) < 4.78 is 29.3. The number of anilines is 1. The molecule has 1 rings (SSSR count). The van der Waals surface area contributed by atoms with Crippen molar-refractivity contribution in [1.82, 2.24) is 14.7 Å². The van der Waals surface area contributed by atoms with Crippen LogP contribution in [0.3, 0.4) is 0 Å². The molecule has 8 heteroatoms. The third kappa shape index (κ3) is 6.36. The molecule has 0 aliphatic carbocycles. The van der Waals surface area contributed by atoms with Gasteiger partial charge in [-0.15, -0.1) is 0 Å². The summed E-state index contributed by atoms with van der Waals surface area (Å²) in [7, 11) is -3.11. The van der Waals surface area contributed by atoms with Gasteiger partial charge in [-0.1, -0.05) is 0 Å². The molecule has 2 N–H and O–H groups in total. The Hall–Kier alpha value is -1.41. The Labute approximate surface area is 107 Å². The van der Waals surface area contributed by atoms with Crippen LogP contribution >= 0.6 is 0 Å². The van der Waals surface area contributed by atoms with Crippen molar-refractivity contribution >= 4 is 15.8 Å². The smallest absolute Gasteiger partial charge is 0.218 e. The molecule has 1 aromatic rings. The van der Waals surface area contributed by atoms with Gasteiger partial charge in [0.2, 0.25) is 15.9 Å². The van der Waals surface area contributed by atoms with Crippen LogP contribution in [0.15, 0.2) is 12.4 Å². The van der Waals surface area contributed by atoms with Gasteiger partial charge in [0.1, 0.15) is 12.1 Å². The van der Waals surface area contributed by atoms with E-state index in [-0.39, 0.29) is 0 Å². The predicted molar refractivity (Wildman–Crippen MR) is 69.2 cm³/mol. The number of rotatable bonds is 8. The molecule has 0 saturated carbocycles. The minimum atomic E-state index is -3.11. The van der Waals surface area contributed by atoms with Crippen LogP contribution in [0.4, 0.5) is 5.82 Å². The van der Waals surface area contributed by atoms with Crippen molar-refractivity contribution in [3.63, 3.8) is 0 Å². The third-order valence-corrected chi connectivity index (χ3v) is 2.69. The second kappa shape index (κ2) is 7.12. The van der Waals surface area contributed by atoms with Crippen LogP contribution in [0.1, 0.15) is 13.3 Å². The molecule has 0 unspecified atom stereocenters. The molecule has 0 spiro atoms. The Morgan fingerprint density at radius 2 is 2.11 bits per heavy atom. The van der Waals surface area contributed by atoms with Gasteiger partial charge in [-0.25, -0.2) is 23.1 Å². The van der Waals surface area contributed by atoms with Crippen molar-refractivity contribution < 1.29 is 13.2 Å². The van der Waals surface area contributed by atoms with Gasteiger partial charge in [-0.2, -0.15) is 0 Å². The maximum absolute atomic E-state index is 10.8. The van der Waals surface area contributed by atoms with Crippen molar-refractivity contribution in [3.8, 4) is 5.88 Å². The normalized spacial score (nSPS) is 11.2. The number of sulfonamides is 1. The fourth-order valence-electron chi connectivity index (χ4n) is 1.23. The molecule has 0 aromatic carbocycles. The number of aromatic nitrogens is 2. The van der Waals surface area contributed by atoms with E-state index >= 15 is 0 Å². The maximum Gasteiger partial charge on any atom is 0.218 e. The van der Waals surface area contributed by atoms with E-state index < -0.39 is 10.0 Å². The number of ether oxygens (including phenoxy) is 1. The van der Waals surface area contributed by atoms with Crippen LogP contribution in [-0.2, 0) is 10.0 Å². The molecule has 0 atom stereocenters. The standard InChI is InChI=1S/C10H18N4O3S/c1-3-17-10-7-9(12-8-13-10)11-5-4-6-14-18(2,15)16/h7-8,14H,3-6H2,1-2H3,(H,11,12,13). The number of nitrogens with one attached hydrogen (secondary N) is 2. The van der Waals surface area contributed by atoms with Crippen LogP contribution in [0.2, 0.25) is 0 Å². The summed E-state index contributed by atoms with van der Waals surface area (Å²) in [6.45, 7) is 3.45. The first kappa shape index (κ1) is 14.7. The predicted octanol–water partition coefficient (Wildman–Crippen LogP) is 0.226. The quantitative estimate of drug-likeness (QED) is 0.659. The molecule has 0 aliphatic rings.